The van der Waals surface area contributed by atoms with Crippen LogP contribution in [0.15, 0.2) is 30.3 Å². The second-order valence-electron chi connectivity index (χ2n) is 3.86. The summed E-state index contributed by atoms with van der Waals surface area (Å²) in [5.41, 5.74) is 1.13. The van der Waals surface area contributed by atoms with Gasteiger partial charge in [-0.3, -0.25) is 4.68 Å². The molecular weight excluding hydrogens is 230 g/mol. The first-order chi connectivity index (χ1) is 8.70. The van der Waals surface area contributed by atoms with Crippen molar-refractivity contribution in [1.29, 1.82) is 0 Å². The minimum atomic E-state index is -0.479. The maximum atomic E-state index is 11.5. The average Bonchev–Trinajstić information content (AvgIpc) is 2.73. The van der Waals surface area contributed by atoms with Crippen molar-refractivity contribution in [2.24, 2.45) is 7.05 Å². The lowest BCUT2D eigenvalue weighted by Gasteiger charge is -1.99. The maximum Gasteiger partial charge on any atom is 0.378 e. The number of carbonyl (C=O) groups is 1. The van der Waals surface area contributed by atoms with Crippen molar-refractivity contribution >= 4 is 5.97 Å². The molecule has 94 valence electrons. The summed E-state index contributed by atoms with van der Waals surface area (Å²) >= 11 is 0. The molecule has 0 saturated carbocycles. The molecule has 0 aliphatic heterocycles. The lowest BCUT2D eigenvalue weighted by Crippen LogP contribution is -2.07. The molecule has 18 heavy (non-hydrogen) atoms. The van der Waals surface area contributed by atoms with Crippen molar-refractivity contribution in [3.8, 4) is 0 Å². The van der Waals surface area contributed by atoms with Gasteiger partial charge in [-0.05, 0) is 12.5 Å². The molecule has 0 N–H and O–H groups in total. The van der Waals surface area contributed by atoms with Crippen LogP contribution in [0.3, 0.4) is 0 Å². The van der Waals surface area contributed by atoms with E-state index in [4.69, 9.17) is 4.74 Å². The Hall–Kier alpha value is -2.17. The Labute approximate surface area is 105 Å². The molecule has 0 fully saturated rings. The van der Waals surface area contributed by atoms with E-state index in [2.05, 4.69) is 10.1 Å². The van der Waals surface area contributed by atoms with Gasteiger partial charge in [-0.25, -0.2) is 9.78 Å². The van der Waals surface area contributed by atoms with Crippen LogP contribution in [0.1, 0.15) is 28.9 Å². The van der Waals surface area contributed by atoms with E-state index in [-0.39, 0.29) is 5.82 Å². The fraction of sp³-hybridized carbons (Fsp3) is 0.308. The van der Waals surface area contributed by atoms with Crippen LogP contribution >= 0.6 is 0 Å². The van der Waals surface area contributed by atoms with Crippen LogP contribution in [0.5, 0.6) is 0 Å². The predicted molar refractivity (Wildman–Crippen MR) is 66.2 cm³/mol. The summed E-state index contributed by atoms with van der Waals surface area (Å²) in [6.07, 6.45) is 0.643. The molecule has 0 radical (unpaired) electrons. The van der Waals surface area contributed by atoms with Gasteiger partial charge in [0.1, 0.15) is 5.82 Å². The first-order valence-corrected chi connectivity index (χ1v) is 5.81. The zero-order valence-electron chi connectivity index (χ0n) is 10.5. The molecule has 0 spiro atoms. The third-order valence-corrected chi connectivity index (χ3v) is 2.52. The molecule has 0 aliphatic rings. The normalized spacial score (nSPS) is 10.3. The smallest absolute Gasteiger partial charge is 0.378 e. The highest BCUT2D eigenvalue weighted by Gasteiger charge is 2.15. The van der Waals surface area contributed by atoms with Crippen molar-refractivity contribution in [1.82, 2.24) is 14.8 Å². The number of nitrogens with zero attached hydrogens (tertiary/aromatic N) is 3. The van der Waals surface area contributed by atoms with Gasteiger partial charge in [-0.1, -0.05) is 30.3 Å². The molecule has 0 atom stereocenters. The molecule has 1 aromatic carbocycles. The van der Waals surface area contributed by atoms with Crippen molar-refractivity contribution < 1.29 is 9.53 Å². The van der Waals surface area contributed by atoms with Crippen LogP contribution in [0, 0.1) is 0 Å². The summed E-state index contributed by atoms with van der Waals surface area (Å²) in [6, 6.07) is 9.93. The number of ether oxygens (including phenoxy) is 1. The molecule has 2 rings (SSSR count). The van der Waals surface area contributed by atoms with Gasteiger partial charge in [0.05, 0.1) is 6.61 Å². The minimum Gasteiger partial charge on any atom is -0.460 e. The molecule has 0 unspecified atom stereocenters. The number of carbonyl (C=O) groups excluding carboxylic acids is 1. The van der Waals surface area contributed by atoms with Gasteiger partial charge >= 0.3 is 5.97 Å². The molecule has 0 amide bonds. The van der Waals surface area contributed by atoms with E-state index in [1.54, 1.807) is 18.7 Å². The van der Waals surface area contributed by atoms with Gasteiger partial charge in [0.2, 0.25) is 0 Å². The SMILES string of the molecule is CCOC(=O)c1nc(Cc2ccccc2)n(C)n1. The van der Waals surface area contributed by atoms with Gasteiger partial charge in [0, 0.05) is 13.5 Å². The van der Waals surface area contributed by atoms with E-state index < -0.39 is 5.97 Å². The quantitative estimate of drug-likeness (QED) is 0.767. The first kappa shape index (κ1) is 12.3. The van der Waals surface area contributed by atoms with E-state index in [9.17, 15) is 4.79 Å². The van der Waals surface area contributed by atoms with Gasteiger partial charge in [0.15, 0.2) is 0 Å². The van der Waals surface area contributed by atoms with Crippen LogP contribution in [-0.4, -0.2) is 27.3 Å². The van der Waals surface area contributed by atoms with Crippen molar-refractivity contribution in [3.05, 3.63) is 47.5 Å². The van der Waals surface area contributed by atoms with Gasteiger partial charge < -0.3 is 4.74 Å². The molecular formula is C13H15N3O2. The fourth-order valence-corrected chi connectivity index (χ4v) is 1.63. The third kappa shape index (κ3) is 2.74. The van der Waals surface area contributed by atoms with Crippen molar-refractivity contribution in [2.75, 3.05) is 6.61 Å². The summed E-state index contributed by atoms with van der Waals surface area (Å²) in [4.78, 5) is 15.7. The predicted octanol–water partition coefficient (Wildman–Crippen LogP) is 1.58. The zero-order valence-corrected chi connectivity index (χ0v) is 10.5. The summed E-state index contributed by atoms with van der Waals surface area (Å²) in [5.74, 6) is 0.377. The molecule has 0 saturated heterocycles. The number of hydrogen-bond donors (Lipinski definition) is 0. The Kier molecular flexibility index (Phi) is 3.72. The molecule has 0 aliphatic carbocycles. The van der Waals surface area contributed by atoms with E-state index >= 15 is 0 Å². The Morgan fingerprint density at radius 1 is 1.33 bits per heavy atom. The van der Waals surface area contributed by atoms with Gasteiger partial charge in [0.25, 0.3) is 5.82 Å². The Balaban J connectivity index is 2.17. The lowest BCUT2D eigenvalue weighted by molar-refractivity contribution is 0.0512. The first-order valence-electron chi connectivity index (χ1n) is 5.81. The Bertz CT molecular complexity index is 534. The highest BCUT2D eigenvalue weighted by Crippen LogP contribution is 2.07. The molecule has 2 aromatic rings. The number of hydrogen-bond acceptors (Lipinski definition) is 4. The van der Waals surface area contributed by atoms with Crippen LogP contribution in [0.25, 0.3) is 0 Å². The topological polar surface area (TPSA) is 57.0 Å². The molecule has 5 nitrogen and oxygen atoms in total. The molecule has 0 bridgehead atoms. The monoisotopic (exact) mass is 245 g/mol. The van der Waals surface area contributed by atoms with Crippen molar-refractivity contribution in [2.45, 2.75) is 13.3 Å². The molecule has 1 aromatic heterocycles. The fourth-order valence-electron chi connectivity index (χ4n) is 1.63. The zero-order chi connectivity index (χ0) is 13.0. The number of benzene rings is 1. The maximum absolute atomic E-state index is 11.5. The highest BCUT2D eigenvalue weighted by atomic mass is 16.5. The Morgan fingerprint density at radius 2 is 2.06 bits per heavy atom. The summed E-state index contributed by atoms with van der Waals surface area (Å²) < 4.78 is 6.48. The summed E-state index contributed by atoms with van der Waals surface area (Å²) in [5, 5.41) is 4.06. The van der Waals surface area contributed by atoms with E-state index in [0.29, 0.717) is 13.0 Å². The average molecular weight is 245 g/mol. The molecule has 5 heteroatoms. The van der Waals surface area contributed by atoms with Gasteiger partial charge in [-0.15, -0.1) is 5.10 Å². The van der Waals surface area contributed by atoms with E-state index in [1.165, 1.54) is 0 Å². The van der Waals surface area contributed by atoms with Gasteiger partial charge in [-0.2, -0.15) is 0 Å². The molecule has 1 heterocycles. The summed E-state index contributed by atoms with van der Waals surface area (Å²) in [7, 11) is 1.77. The van der Waals surface area contributed by atoms with Crippen LogP contribution < -0.4 is 0 Å². The Morgan fingerprint density at radius 3 is 2.72 bits per heavy atom. The van der Waals surface area contributed by atoms with Crippen molar-refractivity contribution in [3.63, 3.8) is 0 Å². The van der Waals surface area contributed by atoms with Crippen LogP contribution in [-0.2, 0) is 18.2 Å². The second-order valence-corrected chi connectivity index (χ2v) is 3.86. The second kappa shape index (κ2) is 5.44. The van der Waals surface area contributed by atoms with E-state index in [0.717, 1.165) is 11.4 Å². The number of rotatable bonds is 4. The lowest BCUT2D eigenvalue weighted by atomic mass is 10.1. The number of aryl methyl sites for hydroxylation is 1. The standard InChI is InChI=1S/C13H15N3O2/c1-3-18-13(17)12-14-11(16(2)15-12)9-10-7-5-4-6-8-10/h4-8H,3,9H2,1-2H3. The highest BCUT2D eigenvalue weighted by molar-refractivity contribution is 5.84. The third-order valence-electron chi connectivity index (χ3n) is 2.52. The number of aromatic nitrogens is 3. The van der Waals surface area contributed by atoms with E-state index in [1.807, 2.05) is 30.3 Å². The summed E-state index contributed by atoms with van der Waals surface area (Å²) in [6.45, 7) is 2.08. The van der Waals surface area contributed by atoms with Crippen LogP contribution in [0.2, 0.25) is 0 Å². The largest absolute Gasteiger partial charge is 0.460 e. The van der Waals surface area contributed by atoms with Crippen LogP contribution in [0.4, 0.5) is 0 Å². The number of esters is 1. The minimum absolute atomic E-state index is 0.116.